The summed E-state index contributed by atoms with van der Waals surface area (Å²) in [6.45, 7) is 5.00. The SMILES string of the molecule is O=C1c2ccc(O[C@@H]3CCCN(CCF)C3)cc2OCCN1CC(O)CN1CCc2ccccc2C1. The number of rotatable bonds is 8. The van der Waals surface area contributed by atoms with Crippen molar-refractivity contribution >= 4 is 5.91 Å². The highest BCUT2D eigenvalue weighted by atomic mass is 19.1. The van der Waals surface area contributed by atoms with Gasteiger partial charge in [0.1, 0.15) is 30.9 Å². The van der Waals surface area contributed by atoms with Gasteiger partial charge in [0, 0.05) is 45.3 Å². The van der Waals surface area contributed by atoms with Crippen molar-refractivity contribution in [3.05, 3.63) is 59.2 Å². The number of carbonyl (C=O) groups is 1. The molecule has 194 valence electrons. The molecule has 0 aromatic heterocycles. The molecule has 1 amide bonds. The van der Waals surface area contributed by atoms with E-state index in [1.54, 1.807) is 23.1 Å². The van der Waals surface area contributed by atoms with Crippen LogP contribution in [0.3, 0.4) is 0 Å². The first-order valence-corrected chi connectivity index (χ1v) is 13.1. The van der Waals surface area contributed by atoms with Crippen LogP contribution in [-0.2, 0) is 13.0 Å². The minimum atomic E-state index is -0.637. The predicted octanol–water partition coefficient (Wildman–Crippen LogP) is 2.75. The minimum absolute atomic E-state index is 0.00164. The van der Waals surface area contributed by atoms with Crippen LogP contribution in [0.2, 0.25) is 0 Å². The number of benzene rings is 2. The van der Waals surface area contributed by atoms with Gasteiger partial charge in [-0.3, -0.25) is 14.6 Å². The highest BCUT2D eigenvalue weighted by Gasteiger charge is 2.28. The third-order valence-corrected chi connectivity index (χ3v) is 7.37. The van der Waals surface area contributed by atoms with Gasteiger partial charge in [-0.25, -0.2) is 4.39 Å². The van der Waals surface area contributed by atoms with Crippen LogP contribution < -0.4 is 9.47 Å². The Morgan fingerprint density at radius 1 is 1.08 bits per heavy atom. The van der Waals surface area contributed by atoms with Crippen LogP contribution in [0.25, 0.3) is 0 Å². The van der Waals surface area contributed by atoms with Crippen molar-refractivity contribution in [2.24, 2.45) is 0 Å². The Bertz CT molecular complexity index is 1050. The number of halogens is 1. The van der Waals surface area contributed by atoms with Crippen LogP contribution in [0.15, 0.2) is 42.5 Å². The van der Waals surface area contributed by atoms with Gasteiger partial charge < -0.3 is 19.5 Å². The standard InChI is InChI=1S/C28H36FN3O4/c29-10-13-30-11-3-6-25(20-30)36-24-7-8-26-27(16-24)35-15-14-32(28(26)34)19-23(33)18-31-12-9-21-4-1-2-5-22(21)17-31/h1-2,4-5,7-8,16,23,25,33H,3,6,9-15,17-20H2/t23?,25-/m1/s1. The summed E-state index contributed by atoms with van der Waals surface area (Å²) in [5, 5.41) is 10.8. The summed E-state index contributed by atoms with van der Waals surface area (Å²) in [5.41, 5.74) is 3.18. The van der Waals surface area contributed by atoms with Crippen LogP contribution in [-0.4, -0.2) is 97.0 Å². The molecular formula is C28H36FN3O4. The van der Waals surface area contributed by atoms with Crippen molar-refractivity contribution in [3.63, 3.8) is 0 Å². The largest absolute Gasteiger partial charge is 0.491 e. The number of hydrogen-bond acceptors (Lipinski definition) is 6. The van der Waals surface area contributed by atoms with Crippen molar-refractivity contribution in [2.45, 2.75) is 38.0 Å². The predicted molar refractivity (Wildman–Crippen MR) is 135 cm³/mol. The monoisotopic (exact) mass is 497 g/mol. The molecule has 0 saturated carbocycles. The number of ether oxygens (including phenoxy) is 2. The smallest absolute Gasteiger partial charge is 0.257 e. The summed E-state index contributed by atoms with van der Waals surface area (Å²) in [6.07, 6.45) is 2.24. The zero-order chi connectivity index (χ0) is 24.9. The average molecular weight is 498 g/mol. The number of piperidine rings is 1. The maximum atomic E-state index is 13.3. The lowest BCUT2D eigenvalue weighted by atomic mass is 10.00. The highest BCUT2D eigenvalue weighted by molar-refractivity contribution is 5.97. The van der Waals surface area contributed by atoms with E-state index in [1.165, 1.54) is 11.1 Å². The second-order valence-electron chi connectivity index (χ2n) is 10.0. The molecule has 1 N–H and O–H groups in total. The summed E-state index contributed by atoms with van der Waals surface area (Å²) in [7, 11) is 0. The minimum Gasteiger partial charge on any atom is -0.491 e. The molecule has 1 fully saturated rings. The van der Waals surface area contributed by atoms with Gasteiger partial charge in [0.2, 0.25) is 0 Å². The molecule has 3 aliphatic rings. The topological polar surface area (TPSA) is 65.5 Å². The van der Waals surface area contributed by atoms with Crippen LogP contribution in [0, 0.1) is 0 Å². The van der Waals surface area contributed by atoms with E-state index in [-0.39, 0.29) is 25.2 Å². The summed E-state index contributed by atoms with van der Waals surface area (Å²) in [4.78, 5) is 19.3. The molecule has 2 atom stereocenters. The Hall–Kier alpha value is -2.68. The lowest BCUT2D eigenvalue weighted by molar-refractivity contribution is 0.0501. The Labute approximate surface area is 212 Å². The van der Waals surface area contributed by atoms with Crippen molar-refractivity contribution in [3.8, 4) is 11.5 Å². The molecule has 2 aromatic rings. The molecule has 3 aliphatic heterocycles. The summed E-state index contributed by atoms with van der Waals surface area (Å²) in [6, 6.07) is 13.8. The molecule has 36 heavy (non-hydrogen) atoms. The van der Waals surface area contributed by atoms with Gasteiger partial charge in [0.15, 0.2) is 0 Å². The number of amides is 1. The van der Waals surface area contributed by atoms with Crippen molar-refractivity contribution in [2.75, 3.05) is 59.1 Å². The Morgan fingerprint density at radius 3 is 2.81 bits per heavy atom. The molecule has 8 heteroatoms. The van der Waals surface area contributed by atoms with E-state index < -0.39 is 6.10 Å². The molecule has 0 aliphatic carbocycles. The van der Waals surface area contributed by atoms with Crippen LogP contribution in [0.5, 0.6) is 11.5 Å². The first kappa shape index (κ1) is 25.0. The maximum absolute atomic E-state index is 13.3. The highest BCUT2D eigenvalue weighted by Crippen LogP contribution is 2.30. The van der Waals surface area contributed by atoms with Gasteiger partial charge in [-0.2, -0.15) is 0 Å². The number of likely N-dealkylation sites (tertiary alicyclic amines) is 1. The molecule has 2 aromatic carbocycles. The van der Waals surface area contributed by atoms with Gasteiger partial charge in [-0.1, -0.05) is 24.3 Å². The third kappa shape index (κ3) is 5.99. The normalized spacial score (nSPS) is 21.8. The van der Waals surface area contributed by atoms with Gasteiger partial charge in [-0.15, -0.1) is 0 Å². The molecule has 0 radical (unpaired) electrons. The lowest BCUT2D eigenvalue weighted by Crippen LogP contribution is -2.44. The van der Waals surface area contributed by atoms with E-state index in [1.807, 2.05) is 0 Å². The molecule has 5 rings (SSSR count). The first-order valence-electron chi connectivity index (χ1n) is 13.1. The van der Waals surface area contributed by atoms with E-state index in [4.69, 9.17) is 9.47 Å². The molecule has 1 unspecified atom stereocenters. The van der Waals surface area contributed by atoms with Gasteiger partial charge in [-0.05, 0) is 49.1 Å². The Balaban J connectivity index is 1.18. The van der Waals surface area contributed by atoms with Crippen molar-refractivity contribution in [1.29, 1.82) is 0 Å². The average Bonchev–Trinajstić information content (AvgIpc) is 3.02. The number of hydrogen-bond donors (Lipinski definition) is 1. The van der Waals surface area contributed by atoms with Crippen molar-refractivity contribution < 1.29 is 23.8 Å². The second-order valence-corrected chi connectivity index (χ2v) is 10.0. The lowest BCUT2D eigenvalue weighted by Gasteiger charge is -2.32. The number of alkyl halides is 1. The quantitative estimate of drug-likeness (QED) is 0.605. The molecule has 1 saturated heterocycles. The summed E-state index contributed by atoms with van der Waals surface area (Å²) in [5.74, 6) is 1.04. The fourth-order valence-corrected chi connectivity index (χ4v) is 5.53. The Morgan fingerprint density at radius 2 is 1.94 bits per heavy atom. The van der Waals surface area contributed by atoms with E-state index >= 15 is 0 Å². The molecule has 7 nitrogen and oxygen atoms in total. The fraction of sp³-hybridized carbons (Fsp3) is 0.536. The number of aliphatic hydroxyl groups is 1. The number of carbonyl (C=O) groups excluding carboxylic acids is 1. The summed E-state index contributed by atoms with van der Waals surface area (Å²) >= 11 is 0. The van der Waals surface area contributed by atoms with Crippen LogP contribution >= 0.6 is 0 Å². The zero-order valence-electron chi connectivity index (χ0n) is 20.8. The van der Waals surface area contributed by atoms with E-state index in [0.717, 1.165) is 38.9 Å². The molecule has 3 heterocycles. The van der Waals surface area contributed by atoms with Crippen LogP contribution in [0.1, 0.15) is 34.3 Å². The Kier molecular flexibility index (Phi) is 8.04. The zero-order valence-corrected chi connectivity index (χ0v) is 20.8. The van der Waals surface area contributed by atoms with E-state index in [2.05, 4.69) is 34.1 Å². The molecule has 0 spiro atoms. The number of β-amino-alcohol motifs (C(OH)–C–C–N with tert-alkyl or cyclic N) is 1. The second kappa shape index (κ2) is 11.6. The van der Waals surface area contributed by atoms with E-state index in [9.17, 15) is 14.3 Å². The van der Waals surface area contributed by atoms with E-state index in [0.29, 0.717) is 49.8 Å². The summed E-state index contributed by atoms with van der Waals surface area (Å²) < 4.78 is 24.8. The first-order chi connectivity index (χ1) is 17.6. The number of nitrogens with zero attached hydrogens (tertiary/aromatic N) is 3. The number of aliphatic hydroxyl groups excluding tert-OH is 1. The van der Waals surface area contributed by atoms with Gasteiger partial charge in [0.25, 0.3) is 5.91 Å². The third-order valence-electron chi connectivity index (χ3n) is 7.37. The van der Waals surface area contributed by atoms with Crippen molar-refractivity contribution in [1.82, 2.24) is 14.7 Å². The maximum Gasteiger partial charge on any atom is 0.257 e. The fourth-order valence-electron chi connectivity index (χ4n) is 5.53. The number of fused-ring (bicyclic) bond motifs is 2. The van der Waals surface area contributed by atoms with Gasteiger partial charge in [0.05, 0.1) is 18.2 Å². The molecule has 0 bridgehead atoms. The van der Waals surface area contributed by atoms with Crippen LogP contribution in [0.4, 0.5) is 4.39 Å². The van der Waals surface area contributed by atoms with Gasteiger partial charge >= 0.3 is 0 Å². The molecular weight excluding hydrogens is 461 g/mol.